The van der Waals surface area contributed by atoms with Gasteiger partial charge in [-0.1, -0.05) is 36.4 Å². The minimum Gasteiger partial charge on any atom is -0.487 e. The fourth-order valence-electron chi connectivity index (χ4n) is 3.71. The topological polar surface area (TPSA) is 88.6 Å². The van der Waals surface area contributed by atoms with Crippen LogP contribution in [0.15, 0.2) is 83.9 Å². The van der Waals surface area contributed by atoms with E-state index >= 15 is 0 Å². The number of carbonyl (C=O) groups excluding carboxylic acids is 1. The van der Waals surface area contributed by atoms with Crippen molar-refractivity contribution < 1.29 is 17.9 Å². The van der Waals surface area contributed by atoms with E-state index in [1.165, 1.54) is 4.31 Å². The molecule has 0 saturated carbocycles. The average molecular weight is 452 g/mol. The van der Waals surface area contributed by atoms with E-state index in [0.29, 0.717) is 31.7 Å². The predicted octanol–water partition coefficient (Wildman–Crippen LogP) is 3.13. The highest BCUT2D eigenvalue weighted by atomic mass is 32.2. The van der Waals surface area contributed by atoms with Crippen LogP contribution in [0.25, 0.3) is 0 Å². The number of nitrogens with zero attached hydrogens (tertiary/aromatic N) is 2. The van der Waals surface area contributed by atoms with Crippen molar-refractivity contribution >= 4 is 15.9 Å². The second kappa shape index (κ2) is 9.93. The smallest absolute Gasteiger partial charge is 0.243 e. The zero-order valence-electron chi connectivity index (χ0n) is 17.6. The number of pyridine rings is 1. The van der Waals surface area contributed by atoms with Crippen LogP contribution in [0.3, 0.4) is 0 Å². The van der Waals surface area contributed by atoms with Gasteiger partial charge in [0.1, 0.15) is 18.4 Å². The first kappa shape index (κ1) is 22.0. The Morgan fingerprint density at radius 2 is 1.88 bits per heavy atom. The number of aromatic nitrogens is 1. The van der Waals surface area contributed by atoms with Crippen LogP contribution >= 0.6 is 0 Å². The average Bonchev–Trinajstić information content (AvgIpc) is 3.34. The molecule has 1 amide bonds. The lowest BCUT2D eigenvalue weighted by molar-refractivity contribution is -0.124. The number of ether oxygens (including phenoxy) is 1. The molecule has 8 heteroatoms. The Hall–Kier alpha value is -3.23. The summed E-state index contributed by atoms with van der Waals surface area (Å²) in [7, 11) is -3.71. The number of amides is 1. The zero-order chi connectivity index (χ0) is 22.4. The molecule has 1 aromatic heterocycles. The number of sulfonamides is 1. The van der Waals surface area contributed by atoms with E-state index in [2.05, 4.69) is 10.3 Å². The summed E-state index contributed by atoms with van der Waals surface area (Å²) in [5.41, 5.74) is 1.69. The van der Waals surface area contributed by atoms with E-state index in [4.69, 9.17) is 4.74 Å². The van der Waals surface area contributed by atoms with Gasteiger partial charge < -0.3 is 10.1 Å². The molecule has 1 N–H and O–H groups in total. The Morgan fingerprint density at radius 3 is 2.66 bits per heavy atom. The molecule has 1 aliphatic heterocycles. The Bertz CT molecular complexity index is 1150. The molecule has 7 nitrogen and oxygen atoms in total. The number of rotatable bonds is 8. The van der Waals surface area contributed by atoms with Crippen LogP contribution in [0.1, 0.15) is 24.1 Å². The summed E-state index contributed by atoms with van der Waals surface area (Å²) < 4.78 is 33.1. The normalized spacial score (nSPS) is 16.6. The van der Waals surface area contributed by atoms with Gasteiger partial charge in [-0.05, 0) is 54.8 Å². The number of benzene rings is 2. The maximum Gasteiger partial charge on any atom is 0.243 e. The predicted molar refractivity (Wildman–Crippen MR) is 120 cm³/mol. The molecule has 2 aromatic carbocycles. The summed E-state index contributed by atoms with van der Waals surface area (Å²) in [4.78, 5) is 17.3. The standard InChI is InChI=1S/C24H25N3O4S/c28-24(23-13-7-15-27(23)32(29,30)22-11-2-1-3-12-22)26-17-19-8-6-10-21(16-19)31-18-20-9-4-5-14-25-20/h1-6,8-12,14,16,23H,7,13,15,17-18H2,(H,26,28). The molecule has 32 heavy (non-hydrogen) atoms. The zero-order valence-corrected chi connectivity index (χ0v) is 18.4. The molecule has 4 rings (SSSR count). The third-order valence-electron chi connectivity index (χ3n) is 5.33. The van der Waals surface area contributed by atoms with Gasteiger partial charge in [0.2, 0.25) is 15.9 Å². The molecule has 0 radical (unpaired) electrons. The van der Waals surface area contributed by atoms with E-state index in [0.717, 1.165) is 11.3 Å². The van der Waals surface area contributed by atoms with Crippen molar-refractivity contribution in [2.24, 2.45) is 0 Å². The first-order chi connectivity index (χ1) is 15.5. The summed E-state index contributed by atoms with van der Waals surface area (Å²) in [6.45, 7) is 0.979. The minimum absolute atomic E-state index is 0.206. The van der Waals surface area contributed by atoms with E-state index < -0.39 is 16.1 Å². The third kappa shape index (κ3) is 5.15. The van der Waals surface area contributed by atoms with Crippen LogP contribution in [0.5, 0.6) is 5.75 Å². The van der Waals surface area contributed by atoms with Crippen molar-refractivity contribution in [3.63, 3.8) is 0 Å². The number of nitrogens with one attached hydrogen (secondary N) is 1. The van der Waals surface area contributed by atoms with Crippen LogP contribution in [-0.2, 0) is 28.0 Å². The maximum atomic E-state index is 13.0. The maximum absolute atomic E-state index is 13.0. The Labute approximate surface area is 188 Å². The molecule has 1 saturated heterocycles. The van der Waals surface area contributed by atoms with Crippen molar-refractivity contribution in [1.82, 2.24) is 14.6 Å². The highest BCUT2D eigenvalue weighted by molar-refractivity contribution is 7.89. The van der Waals surface area contributed by atoms with Crippen LogP contribution in [-0.4, -0.2) is 36.2 Å². The minimum atomic E-state index is -3.71. The van der Waals surface area contributed by atoms with Crippen LogP contribution in [0.2, 0.25) is 0 Å². The molecule has 3 aromatic rings. The summed E-state index contributed by atoms with van der Waals surface area (Å²) in [6, 6.07) is 20.6. The van der Waals surface area contributed by atoms with E-state index in [9.17, 15) is 13.2 Å². The molecule has 1 aliphatic rings. The van der Waals surface area contributed by atoms with Crippen molar-refractivity contribution in [1.29, 1.82) is 0 Å². The number of hydrogen-bond acceptors (Lipinski definition) is 5. The van der Waals surface area contributed by atoms with Crippen LogP contribution in [0.4, 0.5) is 0 Å². The van der Waals surface area contributed by atoms with Crippen molar-refractivity contribution in [3.8, 4) is 5.75 Å². The van der Waals surface area contributed by atoms with E-state index in [1.54, 1.807) is 36.5 Å². The molecule has 166 valence electrons. The SMILES string of the molecule is O=C(NCc1cccc(OCc2ccccn2)c1)C1CCCN1S(=O)(=O)c1ccccc1. The Balaban J connectivity index is 1.37. The number of carbonyl (C=O) groups is 1. The van der Waals surface area contributed by atoms with Crippen LogP contribution < -0.4 is 10.1 Å². The Kier molecular flexibility index (Phi) is 6.82. The molecule has 0 bridgehead atoms. The summed E-state index contributed by atoms with van der Waals surface area (Å²) >= 11 is 0. The molecule has 0 spiro atoms. The van der Waals surface area contributed by atoms with Gasteiger partial charge >= 0.3 is 0 Å². The molecule has 1 unspecified atom stereocenters. The second-order valence-corrected chi connectivity index (χ2v) is 9.45. The summed E-state index contributed by atoms with van der Waals surface area (Å²) in [5.74, 6) is 0.387. The summed E-state index contributed by atoms with van der Waals surface area (Å²) in [5, 5.41) is 2.88. The monoisotopic (exact) mass is 451 g/mol. The molecular formula is C24H25N3O4S. The largest absolute Gasteiger partial charge is 0.487 e. The van der Waals surface area contributed by atoms with Gasteiger partial charge in [-0.25, -0.2) is 8.42 Å². The van der Waals surface area contributed by atoms with Gasteiger partial charge in [0, 0.05) is 19.3 Å². The molecule has 1 fully saturated rings. The highest BCUT2D eigenvalue weighted by Crippen LogP contribution is 2.26. The Morgan fingerprint density at radius 1 is 1.06 bits per heavy atom. The fourth-order valence-corrected chi connectivity index (χ4v) is 5.39. The van der Waals surface area contributed by atoms with Gasteiger partial charge in [-0.2, -0.15) is 4.31 Å². The molecule has 1 atom stereocenters. The highest BCUT2D eigenvalue weighted by Gasteiger charge is 2.39. The van der Waals surface area contributed by atoms with E-state index in [1.807, 2.05) is 42.5 Å². The third-order valence-corrected chi connectivity index (χ3v) is 7.26. The summed E-state index contributed by atoms with van der Waals surface area (Å²) in [6.07, 6.45) is 2.88. The van der Waals surface area contributed by atoms with Gasteiger partial charge in [0.05, 0.1) is 10.6 Å². The van der Waals surface area contributed by atoms with Gasteiger partial charge in [0.15, 0.2) is 0 Å². The van der Waals surface area contributed by atoms with Crippen molar-refractivity contribution in [2.75, 3.05) is 6.54 Å². The first-order valence-corrected chi connectivity index (χ1v) is 11.9. The fraction of sp³-hybridized carbons (Fsp3) is 0.250. The van der Waals surface area contributed by atoms with E-state index in [-0.39, 0.29) is 17.3 Å². The first-order valence-electron chi connectivity index (χ1n) is 10.5. The molecule has 0 aliphatic carbocycles. The van der Waals surface area contributed by atoms with Crippen LogP contribution in [0, 0.1) is 0 Å². The van der Waals surface area contributed by atoms with Gasteiger partial charge in [-0.15, -0.1) is 0 Å². The lowest BCUT2D eigenvalue weighted by Gasteiger charge is -2.23. The van der Waals surface area contributed by atoms with Gasteiger partial charge in [0.25, 0.3) is 0 Å². The van der Waals surface area contributed by atoms with Crippen molar-refractivity contribution in [3.05, 3.63) is 90.3 Å². The molecule has 2 heterocycles. The van der Waals surface area contributed by atoms with Gasteiger partial charge in [-0.3, -0.25) is 9.78 Å². The molecular weight excluding hydrogens is 426 g/mol. The van der Waals surface area contributed by atoms with Crippen molar-refractivity contribution in [2.45, 2.75) is 36.9 Å². The second-order valence-electron chi connectivity index (χ2n) is 7.56. The lowest BCUT2D eigenvalue weighted by Crippen LogP contribution is -2.45. The quantitative estimate of drug-likeness (QED) is 0.568. The lowest BCUT2D eigenvalue weighted by atomic mass is 10.2. The number of hydrogen-bond donors (Lipinski definition) is 1.